The van der Waals surface area contributed by atoms with E-state index in [4.69, 9.17) is 0 Å². The molecule has 0 unspecified atom stereocenters. The molecule has 3 aromatic rings. The summed E-state index contributed by atoms with van der Waals surface area (Å²) in [6.45, 7) is 3.47. The number of rotatable bonds is 5. The molecule has 130 valence electrons. The minimum absolute atomic E-state index is 0.0261. The molecule has 2 N–H and O–H groups in total. The molecule has 0 bridgehead atoms. The van der Waals surface area contributed by atoms with E-state index >= 15 is 0 Å². The molecule has 0 aromatic carbocycles. The van der Waals surface area contributed by atoms with Gasteiger partial charge in [0.1, 0.15) is 30.0 Å². The van der Waals surface area contributed by atoms with Crippen LogP contribution in [0.15, 0.2) is 35.6 Å². The van der Waals surface area contributed by atoms with E-state index < -0.39 is 11.5 Å². The van der Waals surface area contributed by atoms with Crippen molar-refractivity contribution in [2.45, 2.75) is 32.9 Å². The third-order valence-corrected chi connectivity index (χ3v) is 3.64. The Balaban J connectivity index is 1.97. The van der Waals surface area contributed by atoms with Crippen molar-refractivity contribution in [2.75, 3.05) is 5.32 Å². The van der Waals surface area contributed by atoms with Gasteiger partial charge in [0, 0.05) is 18.3 Å². The van der Waals surface area contributed by atoms with Crippen LogP contribution in [-0.2, 0) is 17.9 Å². The Morgan fingerprint density at radius 1 is 1.40 bits per heavy atom. The second-order valence-corrected chi connectivity index (χ2v) is 5.88. The van der Waals surface area contributed by atoms with Crippen LogP contribution < -0.4 is 10.9 Å². The maximum absolute atomic E-state index is 12.6. The van der Waals surface area contributed by atoms with Crippen molar-refractivity contribution in [1.29, 1.82) is 0 Å². The largest absolute Gasteiger partial charge is 0.392 e. The summed E-state index contributed by atoms with van der Waals surface area (Å²) in [6.07, 6.45) is 4.51. The maximum atomic E-state index is 12.6. The van der Waals surface area contributed by atoms with Gasteiger partial charge in [0.25, 0.3) is 5.56 Å². The van der Waals surface area contributed by atoms with Crippen LogP contribution in [0.4, 0.5) is 5.82 Å². The van der Waals surface area contributed by atoms with Crippen molar-refractivity contribution in [3.05, 3.63) is 52.6 Å². The first-order valence-corrected chi connectivity index (χ1v) is 7.78. The molecule has 0 saturated heterocycles. The van der Waals surface area contributed by atoms with Gasteiger partial charge in [0.15, 0.2) is 0 Å². The molecule has 0 atom stereocenters. The van der Waals surface area contributed by atoms with Crippen LogP contribution in [0.25, 0.3) is 5.52 Å². The average molecular weight is 342 g/mol. The Hall–Kier alpha value is -3.07. The van der Waals surface area contributed by atoms with Crippen LogP contribution in [0, 0.1) is 0 Å². The molecule has 1 amide bonds. The normalized spacial score (nSPS) is 11.2. The lowest BCUT2D eigenvalue weighted by molar-refractivity contribution is -0.117. The van der Waals surface area contributed by atoms with Crippen LogP contribution >= 0.6 is 0 Å². The van der Waals surface area contributed by atoms with E-state index in [1.54, 1.807) is 22.7 Å². The highest BCUT2D eigenvalue weighted by molar-refractivity contribution is 5.89. The number of carbonyl (C=O) groups is 1. The van der Waals surface area contributed by atoms with E-state index in [2.05, 4.69) is 20.4 Å². The summed E-state index contributed by atoms with van der Waals surface area (Å²) in [6, 6.07) is 3.16. The van der Waals surface area contributed by atoms with Gasteiger partial charge in [-0.3, -0.25) is 14.0 Å². The molecule has 0 aliphatic heterocycles. The molecule has 0 radical (unpaired) electrons. The molecule has 9 heteroatoms. The molecule has 0 aliphatic rings. The summed E-state index contributed by atoms with van der Waals surface area (Å²) in [7, 11) is 0. The maximum Gasteiger partial charge on any atom is 0.291 e. The lowest BCUT2D eigenvalue weighted by atomic mass is 10.2. The number of amides is 1. The summed E-state index contributed by atoms with van der Waals surface area (Å²) < 4.78 is 2.79. The molecule has 0 spiro atoms. The smallest absolute Gasteiger partial charge is 0.291 e. The lowest BCUT2D eigenvalue weighted by Crippen LogP contribution is -2.32. The minimum Gasteiger partial charge on any atom is -0.392 e. The third kappa shape index (κ3) is 3.41. The fourth-order valence-electron chi connectivity index (χ4n) is 2.49. The van der Waals surface area contributed by atoms with Gasteiger partial charge in [-0.05, 0) is 17.7 Å². The lowest BCUT2D eigenvalue weighted by Gasteiger charge is -2.12. The topological polar surface area (TPSA) is 114 Å². The van der Waals surface area contributed by atoms with Crippen molar-refractivity contribution in [3.63, 3.8) is 0 Å². The first-order valence-electron chi connectivity index (χ1n) is 7.78. The second kappa shape index (κ2) is 6.81. The van der Waals surface area contributed by atoms with E-state index in [-0.39, 0.29) is 19.1 Å². The molecule has 25 heavy (non-hydrogen) atoms. The molecule has 3 heterocycles. The number of hydrogen-bond donors (Lipinski definition) is 2. The van der Waals surface area contributed by atoms with Gasteiger partial charge < -0.3 is 10.4 Å². The zero-order valence-corrected chi connectivity index (χ0v) is 13.9. The van der Waals surface area contributed by atoms with E-state index in [9.17, 15) is 14.7 Å². The Bertz CT molecular complexity index is 961. The quantitative estimate of drug-likeness (QED) is 0.699. The fourth-order valence-corrected chi connectivity index (χ4v) is 2.49. The zero-order valence-electron chi connectivity index (χ0n) is 13.9. The van der Waals surface area contributed by atoms with Gasteiger partial charge in [-0.1, -0.05) is 13.8 Å². The molecular weight excluding hydrogens is 324 g/mol. The van der Waals surface area contributed by atoms with Crippen LogP contribution in [0.2, 0.25) is 0 Å². The molecule has 3 aromatic heterocycles. The number of aromatic nitrogens is 5. The number of anilines is 1. The first kappa shape index (κ1) is 16.8. The summed E-state index contributed by atoms with van der Waals surface area (Å²) in [5.41, 5.74) is 0.587. The standard InChI is InChI=1S/C16H18N6O3/c1-10(2)15-20-22(7-14(24)19-13-3-4-17-9-18-13)16(25)12-5-11(8-23)6-21(12)15/h3-6,9-10,23H,7-8H2,1-2H3,(H,17,18,19,24). The first-order chi connectivity index (χ1) is 12.0. The average Bonchev–Trinajstić information content (AvgIpc) is 3.02. The Morgan fingerprint density at radius 3 is 2.84 bits per heavy atom. The number of nitrogens with zero attached hydrogens (tertiary/aromatic N) is 5. The Kier molecular flexibility index (Phi) is 4.57. The van der Waals surface area contributed by atoms with Crippen molar-refractivity contribution in [3.8, 4) is 0 Å². The number of hydrogen-bond acceptors (Lipinski definition) is 6. The molecule has 9 nitrogen and oxygen atoms in total. The van der Waals surface area contributed by atoms with E-state index in [0.29, 0.717) is 22.7 Å². The highest BCUT2D eigenvalue weighted by Gasteiger charge is 2.16. The van der Waals surface area contributed by atoms with Crippen molar-refractivity contribution >= 4 is 17.2 Å². The molecule has 3 rings (SSSR count). The number of carbonyl (C=O) groups excluding carboxylic acids is 1. The SMILES string of the molecule is CC(C)c1nn(CC(=O)Nc2ccncn2)c(=O)c2cc(CO)cn12. The number of fused-ring (bicyclic) bond motifs is 1. The molecule has 0 fully saturated rings. The summed E-state index contributed by atoms with van der Waals surface area (Å²) >= 11 is 0. The van der Waals surface area contributed by atoms with Crippen LogP contribution in [0.1, 0.15) is 31.2 Å². The summed E-state index contributed by atoms with van der Waals surface area (Å²) in [4.78, 5) is 32.5. The number of aliphatic hydroxyl groups excluding tert-OH is 1. The molecule has 0 saturated carbocycles. The van der Waals surface area contributed by atoms with Gasteiger partial charge in [-0.25, -0.2) is 14.6 Å². The van der Waals surface area contributed by atoms with Gasteiger partial charge in [0.2, 0.25) is 5.91 Å². The van der Waals surface area contributed by atoms with Crippen LogP contribution in [-0.4, -0.2) is 35.2 Å². The Morgan fingerprint density at radius 2 is 2.20 bits per heavy atom. The predicted molar refractivity (Wildman–Crippen MR) is 90.1 cm³/mol. The van der Waals surface area contributed by atoms with E-state index in [0.717, 1.165) is 4.68 Å². The third-order valence-electron chi connectivity index (χ3n) is 3.64. The van der Waals surface area contributed by atoms with Crippen molar-refractivity contribution in [2.24, 2.45) is 0 Å². The Labute approximate surface area is 143 Å². The zero-order chi connectivity index (χ0) is 18.0. The summed E-state index contributed by atoms with van der Waals surface area (Å²) in [5.74, 6) is 0.590. The second-order valence-electron chi connectivity index (χ2n) is 5.88. The van der Waals surface area contributed by atoms with Crippen LogP contribution in [0.5, 0.6) is 0 Å². The highest BCUT2D eigenvalue weighted by atomic mass is 16.3. The van der Waals surface area contributed by atoms with E-state index in [1.807, 2.05) is 13.8 Å². The number of nitrogens with one attached hydrogen (secondary N) is 1. The van der Waals surface area contributed by atoms with Crippen molar-refractivity contribution in [1.82, 2.24) is 24.1 Å². The van der Waals surface area contributed by atoms with Crippen molar-refractivity contribution < 1.29 is 9.90 Å². The van der Waals surface area contributed by atoms with Gasteiger partial charge in [-0.15, -0.1) is 0 Å². The van der Waals surface area contributed by atoms with Gasteiger partial charge >= 0.3 is 0 Å². The van der Waals surface area contributed by atoms with Gasteiger partial charge in [0.05, 0.1) is 6.61 Å². The van der Waals surface area contributed by atoms with Crippen LogP contribution in [0.3, 0.4) is 0 Å². The van der Waals surface area contributed by atoms with E-state index in [1.165, 1.54) is 12.5 Å². The summed E-state index contributed by atoms with van der Waals surface area (Å²) in [5, 5.41) is 16.2. The van der Waals surface area contributed by atoms with Gasteiger partial charge in [-0.2, -0.15) is 5.10 Å². The molecule has 0 aliphatic carbocycles. The monoisotopic (exact) mass is 342 g/mol. The molecular formula is C16H18N6O3. The highest BCUT2D eigenvalue weighted by Crippen LogP contribution is 2.15. The number of aliphatic hydroxyl groups is 1. The fraction of sp³-hybridized carbons (Fsp3) is 0.312. The minimum atomic E-state index is -0.415. The predicted octanol–water partition coefficient (Wildman–Crippen LogP) is 0.540.